The molecule has 0 unspecified atom stereocenters. The normalized spacial score (nSPS) is 11.9. The molecule has 0 bridgehead atoms. The zero-order chi connectivity index (χ0) is 17.8. The van der Waals surface area contributed by atoms with E-state index in [4.69, 9.17) is 9.47 Å². The van der Waals surface area contributed by atoms with E-state index in [0.29, 0.717) is 23.5 Å². The standard InChI is InChI=1S/C20H19NO4/c1-3-24-15-10-8-14(9-11-15)19(22)13(2)25-20(23)17-12-21-18-7-5-4-6-16(17)18/h4-13,21H,3H2,1-2H3/t13-/m1/s1. The Morgan fingerprint density at radius 2 is 1.80 bits per heavy atom. The molecule has 25 heavy (non-hydrogen) atoms. The van der Waals surface area contributed by atoms with Gasteiger partial charge in [-0.1, -0.05) is 18.2 Å². The molecule has 3 aromatic rings. The quantitative estimate of drug-likeness (QED) is 0.545. The molecule has 1 heterocycles. The number of H-pyrrole nitrogens is 1. The highest BCUT2D eigenvalue weighted by atomic mass is 16.5. The van der Waals surface area contributed by atoms with Crippen LogP contribution in [0.15, 0.2) is 54.7 Å². The van der Waals surface area contributed by atoms with Crippen molar-refractivity contribution < 1.29 is 19.1 Å². The fourth-order valence-corrected chi connectivity index (χ4v) is 2.63. The molecule has 1 aromatic heterocycles. The Labute approximate surface area is 145 Å². The highest BCUT2D eigenvalue weighted by molar-refractivity contribution is 6.06. The highest BCUT2D eigenvalue weighted by Gasteiger charge is 2.22. The molecule has 0 aliphatic rings. The number of nitrogens with one attached hydrogen (secondary N) is 1. The summed E-state index contributed by atoms with van der Waals surface area (Å²) in [4.78, 5) is 27.9. The van der Waals surface area contributed by atoms with Crippen LogP contribution in [0.1, 0.15) is 34.6 Å². The van der Waals surface area contributed by atoms with Gasteiger partial charge in [0.2, 0.25) is 5.78 Å². The number of Topliss-reactive ketones (excluding diaryl/α,β-unsaturated/α-hetero) is 1. The van der Waals surface area contributed by atoms with Gasteiger partial charge in [-0.15, -0.1) is 0 Å². The van der Waals surface area contributed by atoms with E-state index in [0.717, 1.165) is 10.9 Å². The summed E-state index contributed by atoms with van der Waals surface area (Å²) < 4.78 is 10.7. The summed E-state index contributed by atoms with van der Waals surface area (Å²) in [6.07, 6.45) is 0.722. The fraction of sp³-hybridized carbons (Fsp3) is 0.200. The lowest BCUT2D eigenvalue weighted by molar-refractivity contribution is 0.0320. The lowest BCUT2D eigenvalue weighted by Crippen LogP contribution is -2.24. The van der Waals surface area contributed by atoms with Crippen LogP contribution in [0.25, 0.3) is 10.9 Å². The molecule has 0 aliphatic heterocycles. The number of benzene rings is 2. The van der Waals surface area contributed by atoms with Crippen LogP contribution >= 0.6 is 0 Å². The molecule has 0 radical (unpaired) electrons. The second kappa shape index (κ2) is 7.21. The number of carbonyl (C=O) groups is 2. The van der Waals surface area contributed by atoms with Gasteiger partial charge in [-0.25, -0.2) is 4.79 Å². The smallest absolute Gasteiger partial charge is 0.341 e. The Bertz CT molecular complexity index is 895. The van der Waals surface area contributed by atoms with Crippen molar-refractivity contribution in [1.82, 2.24) is 4.98 Å². The molecular weight excluding hydrogens is 318 g/mol. The summed E-state index contributed by atoms with van der Waals surface area (Å²) in [6.45, 7) is 4.03. The van der Waals surface area contributed by atoms with Crippen molar-refractivity contribution in [2.75, 3.05) is 6.61 Å². The van der Waals surface area contributed by atoms with Crippen LogP contribution in [0.5, 0.6) is 5.75 Å². The van der Waals surface area contributed by atoms with Gasteiger partial charge in [0.15, 0.2) is 6.10 Å². The number of fused-ring (bicyclic) bond motifs is 1. The molecule has 2 aromatic carbocycles. The Hall–Kier alpha value is -3.08. The molecule has 0 spiro atoms. The SMILES string of the molecule is CCOc1ccc(C(=O)[C@@H](C)OC(=O)c2c[nH]c3ccccc23)cc1. The van der Waals surface area contributed by atoms with Crippen molar-refractivity contribution in [3.8, 4) is 5.75 Å². The van der Waals surface area contributed by atoms with Crippen LogP contribution in [0.2, 0.25) is 0 Å². The van der Waals surface area contributed by atoms with Gasteiger partial charge in [0, 0.05) is 22.7 Å². The molecular formula is C20H19NO4. The van der Waals surface area contributed by atoms with Crippen LogP contribution in [0.4, 0.5) is 0 Å². The predicted molar refractivity (Wildman–Crippen MR) is 95.1 cm³/mol. The maximum atomic E-state index is 12.5. The fourth-order valence-electron chi connectivity index (χ4n) is 2.63. The van der Waals surface area contributed by atoms with Crippen molar-refractivity contribution in [3.05, 3.63) is 65.9 Å². The number of para-hydroxylation sites is 1. The molecule has 0 saturated heterocycles. The van der Waals surface area contributed by atoms with E-state index < -0.39 is 12.1 Å². The molecule has 0 saturated carbocycles. The van der Waals surface area contributed by atoms with E-state index >= 15 is 0 Å². The first-order valence-electron chi connectivity index (χ1n) is 8.14. The largest absolute Gasteiger partial charge is 0.494 e. The Kier molecular flexibility index (Phi) is 4.84. The number of ether oxygens (including phenoxy) is 2. The first-order valence-corrected chi connectivity index (χ1v) is 8.14. The first-order chi connectivity index (χ1) is 12.1. The molecule has 1 N–H and O–H groups in total. The van der Waals surface area contributed by atoms with Crippen molar-refractivity contribution in [2.24, 2.45) is 0 Å². The number of hydrogen-bond acceptors (Lipinski definition) is 4. The van der Waals surface area contributed by atoms with E-state index in [2.05, 4.69) is 4.98 Å². The molecule has 5 heteroatoms. The average molecular weight is 337 g/mol. The van der Waals surface area contributed by atoms with E-state index in [1.807, 2.05) is 31.2 Å². The summed E-state index contributed by atoms with van der Waals surface area (Å²) in [6, 6.07) is 14.2. The number of carbonyl (C=O) groups excluding carboxylic acids is 2. The number of esters is 1. The van der Waals surface area contributed by atoms with Gasteiger partial charge in [-0.2, -0.15) is 0 Å². The monoisotopic (exact) mass is 337 g/mol. The molecule has 0 aliphatic carbocycles. The van der Waals surface area contributed by atoms with Crippen LogP contribution in [-0.4, -0.2) is 29.4 Å². The Morgan fingerprint density at radius 3 is 2.52 bits per heavy atom. The number of rotatable bonds is 6. The van der Waals surface area contributed by atoms with Gasteiger partial charge in [0.05, 0.1) is 12.2 Å². The third-order valence-corrected chi connectivity index (χ3v) is 3.91. The maximum absolute atomic E-state index is 12.5. The third-order valence-electron chi connectivity index (χ3n) is 3.91. The van der Waals surface area contributed by atoms with Gasteiger partial charge >= 0.3 is 5.97 Å². The number of ketones is 1. The number of aromatic amines is 1. The lowest BCUT2D eigenvalue weighted by atomic mass is 10.1. The highest BCUT2D eigenvalue weighted by Crippen LogP contribution is 2.20. The van der Waals surface area contributed by atoms with Crippen LogP contribution < -0.4 is 4.74 Å². The van der Waals surface area contributed by atoms with Crippen molar-refractivity contribution in [3.63, 3.8) is 0 Å². The molecule has 0 amide bonds. The van der Waals surface area contributed by atoms with Crippen LogP contribution in [0, 0.1) is 0 Å². The van der Waals surface area contributed by atoms with Crippen molar-refractivity contribution in [2.45, 2.75) is 20.0 Å². The zero-order valence-electron chi connectivity index (χ0n) is 14.1. The summed E-state index contributed by atoms with van der Waals surface area (Å²) in [5, 5.41) is 0.771. The number of aromatic nitrogens is 1. The topological polar surface area (TPSA) is 68.4 Å². The van der Waals surface area contributed by atoms with Gasteiger partial charge in [-0.05, 0) is 44.2 Å². The molecule has 5 nitrogen and oxygen atoms in total. The van der Waals surface area contributed by atoms with E-state index in [-0.39, 0.29) is 5.78 Å². The van der Waals surface area contributed by atoms with Crippen LogP contribution in [-0.2, 0) is 4.74 Å². The average Bonchev–Trinajstić information content (AvgIpc) is 3.06. The maximum Gasteiger partial charge on any atom is 0.341 e. The van der Waals surface area contributed by atoms with E-state index in [1.165, 1.54) is 0 Å². The Morgan fingerprint density at radius 1 is 1.08 bits per heavy atom. The summed E-state index contributed by atoms with van der Waals surface area (Å²) in [5.41, 5.74) is 1.74. The molecule has 1 atom stereocenters. The minimum Gasteiger partial charge on any atom is -0.494 e. The van der Waals surface area contributed by atoms with Crippen molar-refractivity contribution in [1.29, 1.82) is 0 Å². The van der Waals surface area contributed by atoms with Gasteiger partial charge in [-0.3, -0.25) is 4.79 Å². The first kappa shape index (κ1) is 16.8. The van der Waals surface area contributed by atoms with E-state index in [1.54, 1.807) is 37.4 Å². The summed E-state index contributed by atoms with van der Waals surface area (Å²) >= 11 is 0. The summed E-state index contributed by atoms with van der Waals surface area (Å²) in [5.74, 6) is -0.0806. The number of hydrogen-bond donors (Lipinski definition) is 1. The van der Waals surface area contributed by atoms with Gasteiger partial charge in [0.25, 0.3) is 0 Å². The molecule has 0 fully saturated rings. The lowest BCUT2D eigenvalue weighted by Gasteiger charge is -2.12. The minimum atomic E-state index is -0.876. The second-order valence-electron chi connectivity index (χ2n) is 5.62. The zero-order valence-corrected chi connectivity index (χ0v) is 14.1. The molecule has 3 rings (SSSR count). The van der Waals surface area contributed by atoms with Crippen LogP contribution in [0.3, 0.4) is 0 Å². The second-order valence-corrected chi connectivity index (χ2v) is 5.62. The van der Waals surface area contributed by atoms with Gasteiger partial charge in [0.1, 0.15) is 5.75 Å². The minimum absolute atomic E-state index is 0.253. The van der Waals surface area contributed by atoms with E-state index in [9.17, 15) is 9.59 Å². The van der Waals surface area contributed by atoms with Crippen molar-refractivity contribution >= 4 is 22.7 Å². The van der Waals surface area contributed by atoms with Gasteiger partial charge < -0.3 is 14.5 Å². The third kappa shape index (κ3) is 3.55. The Balaban J connectivity index is 1.71. The molecule has 128 valence electrons. The predicted octanol–water partition coefficient (Wildman–Crippen LogP) is 3.99. The summed E-state index contributed by atoms with van der Waals surface area (Å²) in [7, 11) is 0.